The Kier molecular flexibility index (Phi) is 6.23. The molecule has 1 aromatic heterocycles. The van der Waals surface area contributed by atoms with Crippen molar-refractivity contribution in [3.63, 3.8) is 0 Å². The van der Waals surface area contributed by atoms with Crippen molar-refractivity contribution in [2.24, 2.45) is 0 Å². The molecule has 32 heavy (non-hydrogen) atoms. The lowest BCUT2D eigenvalue weighted by Crippen LogP contribution is -2.54. The van der Waals surface area contributed by atoms with Crippen LogP contribution in [-0.4, -0.2) is 40.8 Å². The summed E-state index contributed by atoms with van der Waals surface area (Å²) in [4.78, 5) is 18.0. The zero-order chi connectivity index (χ0) is 22.9. The van der Waals surface area contributed by atoms with E-state index in [4.69, 9.17) is 4.74 Å². The number of ether oxygens (including phenoxy) is 1. The monoisotopic (exact) mass is 453 g/mol. The molecule has 2 N–H and O–H groups in total. The van der Waals surface area contributed by atoms with E-state index in [0.29, 0.717) is 24.1 Å². The van der Waals surface area contributed by atoms with Gasteiger partial charge in [0.15, 0.2) is 17.7 Å². The van der Waals surface area contributed by atoms with Crippen LogP contribution in [0.3, 0.4) is 0 Å². The summed E-state index contributed by atoms with van der Waals surface area (Å²) in [6, 6.07) is 6.12. The summed E-state index contributed by atoms with van der Waals surface area (Å²) < 4.78 is 58.5. The van der Waals surface area contributed by atoms with Crippen molar-refractivity contribution < 1.29 is 32.2 Å². The Balaban J connectivity index is 1.54. The predicted molar refractivity (Wildman–Crippen MR) is 108 cm³/mol. The summed E-state index contributed by atoms with van der Waals surface area (Å²) in [5.74, 6) is -1.21. The molecule has 2 heterocycles. The van der Waals surface area contributed by atoms with Gasteiger partial charge in [-0.3, -0.25) is 9.78 Å². The number of rotatable bonds is 4. The molecule has 2 aliphatic rings. The number of carbonyl (C=O) groups is 1. The number of nitrogens with one attached hydrogen (secondary N) is 1. The number of hydrogen-bond donors (Lipinski definition) is 2. The van der Waals surface area contributed by atoms with E-state index < -0.39 is 41.8 Å². The van der Waals surface area contributed by atoms with Crippen molar-refractivity contribution >= 4 is 11.6 Å². The van der Waals surface area contributed by atoms with Crippen molar-refractivity contribution in [1.29, 1.82) is 0 Å². The molecular weight excluding hydrogens is 430 g/mol. The normalized spacial score (nSPS) is 23.3. The molecule has 1 fully saturated rings. The van der Waals surface area contributed by atoms with Gasteiger partial charge in [0, 0.05) is 12.7 Å². The average molecular weight is 453 g/mol. The second-order valence-electron chi connectivity index (χ2n) is 8.09. The highest BCUT2D eigenvalue weighted by Gasteiger charge is 2.35. The molecule has 1 amide bonds. The van der Waals surface area contributed by atoms with Gasteiger partial charge in [-0.25, -0.2) is 4.39 Å². The summed E-state index contributed by atoms with van der Waals surface area (Å²) in [7, 11) is 0. The van der Waals surface area contributed by atoms with E-state index in [9.17, 15) is 27.5 Å². The fraction of sp³-hybridized carbons (Fsp3) is 0.455. The third kappa shape index (κ3) is 4.79. The summed E-state index contributed by atoms with van der Waals surface area (Å²) in [6.07, 6.45) is -2.10. The zero-order valence-corrected chi connectivity index (χ0v) is 17.1. The van der Waals surface area contributed by atoms with Crippen LogP contribution in [0, 0.1) is 5.82 Å². The molecule has 0 saturated heterocycles. The van der Waals surface area contributed by atoms with Crippen LogP contribution in [0.1, 0.15) is 36.9 Å². The highest BCUT2D eigenvalue weighted by atomic mass is 19.4. The van der Waals surface area contributed by atoms with E-state index >= 15 is 0 Å². The summed E-state index contributed by atoms with van der Waals surface area (Å²) >= 11 is 0. The average Bonchev–Trinajstić information content (AvgIpc) is 2.75. The Labute approximate surface area is 182 Å². The van der Waals surface area contributed by atoms with E-state index in [2.05, 4.69) is 10.3 Å². The van der Waals surface area contributed by atoms with E-state index in [1.165, 1.54) is 18.2 Å². The van der Waals surface area contributed by atoms with Gasteiger partial charge in [-0.05, 0) is 36.6 Å². The van der Waals surface area contributed by atoms with Crippen molar-refractivity contribution in [3.8, 4) is 5.75 Å². The number of para-hydroxylation sites is 1. The molecule has 0 spiro atoms. The SMILES string of the molecule is O=C(NC1CCCCC1O)C1CN(Cc2ccc(C(F)(F)F)nc2)c2cccc(F)c2O1. The topological polar surface area (TPSA) is 74.7 Å². The number of aliphatic hydroxyl groups is 1. The fourth-order valence-electron chi connectivity index (χ4n) is 4.09. The number of aliphatic hydroxyl groups excluding tert-OH is 1. The molecule has 1 aromatic carbocycles. The Morgan fingerprint density at radius 2 is 2.00 bits per heavy atom. The van der Waals surface area contributed by atoms with Gasteiger partial charge in [0.05, 0.1) is 24.4 Å². The number of halogens is 4. The zero-order valence-electron chi connectivity index (χ0n) is 17.1. The first-order chi connectivity index (χ1) is 15.2. The number of nitrogens with zero attached hydrogens (tertiary/aromatic N) is 2. The van der Waals surface area contributed by atoms with Gasteiger partial charge in [0.2, 0.25) is 0 Å². The largest absolute Gasteiger partial charge is 0.473 e. The first-order valence-corrected chi connectivity index (χ1v) is 10.4. The van der Waals surface area contributed by atoms with Crippen molar-refractivity contribution in [2.75, 3.05) is 11.4 Å². The van der Waals surface area contributed by atoms with Gasteiger partial charge in [0.25, 0.3) is 5.91 Å². The molecule has 4 rings (SSSR count). The number of carbonyl (C=O) groups excluding carboxylic acids is 1. The van der Waals surface area contributed by atoms with Crippen LogP contribution in [0.5, 0.6) is 5.75 Å². The van der Waals surface area contributed by atoms with Crippen LogP contribution >= 0.6 is 0 Å². The molecule has 1 aliphatic carbocycles. The minimum atomic E-state index is -4.54. The molecular formula is C22H23F4N3O3. The summed E-state index contributed by atoms with van der Waals surface area (Å²) in [6.45, 7) is 0.174. The Bertz CT molecular complexity index is 968. The summed E-state index contributed by atoms with van der Waals surface area (Å²) in [5.41, 5.74) is -0.137. The third-order valence-corrected chi connectivity index (χ3v) is 5.77. The van der Waals surface area contributed by atoms with Crippen LogP contribution in [0.4, 0.5) is 23.2 Å². The number of amides is 1. The van der Waals surface area contributed by atoms with Crippen LogP contribution in [0.15, 0.2) is 36.5 Å². The number of pyridine rings is 1. The number of fused-ring (bicyclic) bond motifs is 1. The van der Waals surface area contributed by atoms with Crippen molar-refractivity contribution in [2.45, 2.75) is 56.7 Å². The second kappa shape index (κ2) is 8.93. The Morgan fingerprint density at radius 1 is 1.22 bits per heavy atom. The third-order valence-electron chi connectivity index (χ3n) is 5.77. The fourth-order valence-corrected chi connectivity index (χ4v) is 4.09. The molecule has 3 unspecified atom stereocenters. The van der Waals surface area contributed by atoms with Crippen LogP contribution in [0.25, 0.3) is 0 Å². The maximum Gasteiger partial charge on any atom is 0.433 e. The molecule has 3 atom stereocenters. The number of anilines is 1. The Hall–Kier alpha value is -2.88. The van der Waals surface area contributed by atoms with E-state index in [0.717, 1.165) is 25.1 Å². The molecule has 172 valence electrons. The molecule has 0 bridgehead atoms. The highest BCUT2D eigenvalue weighted by Crippen LogP contribution is 2.37. The predicted octanol–water partition coefficient (Wildman–Crippen LogP) is 3.43. The molecule has 0 radical (unpaired) electrons. The number of hydrogen-bond acceptors (Lipinski definition) is 5. The Morgan fingerprint density at radius 3 is 2.69 bits per heavy atom. The lowest BCUT2D eigenvalue weighted by Gasteiger charge is -2.37. The molecule has 6 nitrogen and oxygen atoms in total. The molecule has 10 heteroatoms. The van der Waals surface area contributed by atoms with Crippen molar-refractivity contribution in [1.82, 2.24) is 10.3 Å². The number of alkyl halides is 3. The number of aromatic nitrogens is 1. The van der Waals surface area contributed by atoms with Crippen LogP contribution in [-0.2, 0) is 17.5 Å². The van der Waals surface area contributed by atoms with Gasteiger partial charge in [-0.2, -0.15) is 13.2 Å². The molecule has 2 aromatic rings. The van der Waals surface area contributed by atoms with Gasteiger partial charge in [0.1, 0.15) is 5.69 Å². The maximum atomic E-state index is 14.5. The van der Waals surface area contributed by atoms with Gasteiger partial charge in [-0.1, -0.05) is 25.0 Å². The highest BCUT2D eigenvalue weighted by molar-refractivity contribution is 5.83. The minimum absolute atomic E-state index is 0.0616. The standard InChI is InChI=1S/C22H23F4N3O3/c23-14-4-3-6-16-20(14)32-18(21(31)28-15-5-1-2-7-17(15)30)12-29(16)11-13-8-9-19(27-10-13)22(24,25)26/h3-4,6,8-10,15,17-18,30H,1-2,5,7,11-12H2,(H,28,31). The summed E-state index contributed by atoms with van der Waals surface area (Å²) in [5, 5.41) is 12.9. The molecule has 1 saturated carbocycles. The van der Waals surface area contributed by atoms with Crippen LogP contribution in [0.2, 0.25) is 0 Å². The van der Waals surface area contributed by atoms with E-state index in [1.807, 2.05) is 0 Å². The van der Waals surface area contributed by atoms with Gasteiger partial charge >= 0.3 is 6.18 Å². The quantitative estimate of drug-likeness (QED) is 0.694. The second-order valence-corrected chi connectivity index (χ2v) is 8.09. The molecule has 1 aliphatic heterocycles. The first-order valence-electron chi connectivity index (χ1n) is 10.4. The maximum absolute atomic E-state index is 14.5. The minimum Gasteiger partial charge on any atom is -0.473 e. The van der Waals surface area contributed by atoms with Crippen molar-refractivity contribution in [3.05, 3.63) is 53.6 Å². The van der Waals surface area contributed by atoms with E-state index in [1.54, 1.807) is 11.0 Å². The first kappa shape index (κ1) is 22.3. The van der Waals surface area contributed by atoms with Gasteiger partial charge < -0.3 is 20.1 Å². The smallest absolute Gasteiger partial charge is 0.433 e. The van der Waals surface area contributed by atoms with E-state index in [-0.39, 0.29) is 18.8 Å². The lowest BCUT2D eigenvalue weighted by molar-refractivity contribution is -0.141. The number of benzene rings is 1. The van der Waals surface area contributed by atoms with Crippen LogP contribution < -0.4 is 15.0 Å². The van der Waals surface area contributed by atoms with Gasteiger partial charge in [-0.15, -0.1) is 0 Å². The lowest BCUT2D eigenvalue weighted by atomic mass is 9.92.